The molecule has 1 aliphatic rings. The van der Waals surface area contributed by atoms with Gasteiger partial charge in [0.05, 0.1) is 6.10 Å². The Morgan fingerprint density at radius 1 is 1.40 bits per heavy atom. The molecule has 0 amide bonds. The van der Waals surface area contributed by atoms with E-state index < -0.39 is 0 Å². The molecule has 0 saturated carbocycles. The third-order valence-electron chi connectivity index (χ3n) is 2.85. The Labute approximate surface area is 91.4 Å². The van der Waals surface area contributed by atoms with Crippen LogP contribution in [0.25, 0.3) is 0 Å². The summed E-state index contributed by atoms with van der Waals surface area (Å²) in [5, 5.41) is 0. The SMILES string of the molecule is CC(C)Oc1ccc2c(c1)[C@@H](N)CCC2. The lowest BCUT2D eigenvalue weighted by molar-refractivity contribution is 0.242. The Morgan fingerprint density at radius 3 is 2.93 bits per heavy atom. The zero-order valence-electron chi connectivity index (χ0n) is 9.49. The second-order valence-electron chi connectivity index (χ2n) is 4.53. The van der Waals surface area contributed by atoms with Crippen molar-refractivity contribution in [3.8, 4) is 5.75 Å². The lowest BCUT2D eigenvalue weighted by Crippen LogP contribution is -2.17. The van der Waals surface area contributed by atoms with Crippen LogP contribution < -0.4 is 10.5 Å². The normalized spacial score (nSPS) is 20.1. The molecular formula is C13H19NO. The minimum Gasteiger partial charge on any atom is -0.491 e. The topological polar surface area (TPSA) is 35.2 Å². The van der Waals surface area contributed by atoms with Gasteiger partial charge in [0, 0.05) is 6.04 Å². The maximum absolute atomic E-state index is 6.09. The van der Waals surface area contributed by atoms with Gasteiger partial charge in [-0.2, -0.15) is 0 Å². The number of hydrogen-bond acceptors (Lipinski definition) is 2. The molecule has 0 bridgehead atoms. The highest BCUT2D eigenvalue weighted by molar-refractivity contribution is 5.39. The molecule has 2 nitrogen and oxygen atoms in total. The van der Waals surface area contributed by atoms with E-state index in [2.05, 4.69) is 18.2 Å². The quantitative estimate of drug-likeness (QED) is 0.805. The maximum Gasteiger partial charge on any atom is 0.120 e. The summed E-state index contributed by atoms with van der Waals surface area (Å²) < 4.78 is 5.67. The first-order valence-corrected chi connectivity index (χ1v) is 5.72. The van der Waals surface area contributed by atoms with Crippen LogP contribution in [0.15, 0.2) is 18.2 Å². The standard InChI is InChI=1S/C13H19NO/c1-9(2)15-11-7-6-10-4-3-5-13(14)12(10)8-11/h6-9,13H,3-5,14H2,1-2H3/t13-/m0/s1. The molecule has 2 N–H and O–H groups in total. The predicted octanol–water partition coefficient (Wildman–Crippen LogP) is 2.81. The summed E-state index contributed by atoms with van der Waals surface area (Å²) in [5.74, 6) is 0.945. The molecule has 0 aliphatic heterocycles. The Hall–Kier alpha value is -1.02. The van der Waals surface area contributed by atoms with Crippen LogP contribution in [-0.2, 0) is 6.42 Å². The fourth-order valence-electron chi connectivity index (χ4n) is 2.16. The van der Waals surface area contributed by atoms with Crippen molar-refractivity contribution in [2.24, 2.45) is 5.73 Å². The van der Waals surface area contributed by atoms with Crippen LogP contribution in [-0.4, -0.2) is 6.10 Å². The van der Waals surface area contributed by atoms with Crippen molar-refractivity contribution < 1.29 is 4.74 Å². The molecule has 0 heterocycles. The van der Waals surface area contributed by atoms with Gasteiger partial charge in [0.2, 0.25) is 0 Å². The summed E-state index contributed by atoms with van der Waals surface area (Å²) in [6, 6.07) is 6.52. The van der Waals surface area contributed by atoms with E-state index >= 15 is 0 Å². The molecular weight excluding hydrogens is 186 g/mol. The lowest BCUT2D eigenvalue weighted by atomic mass is 9.88. The molecule has 0 fully saturated rings. The van der Waals surface area contributed by atoms with Gasteiger partial charge in [-0.3, -0.25) is 0 Å². The van der Waals surface area contributed by atoms with Gasteiger partial charge in [-0.15, -0.1) is 0 Å². The van der Waals surface area contributed by atoms with Gasteiger partial charge < -0.3 is 10.5 Å². The molecule has 0 unspecified atom stereocenters. The second kappa shape index (κ2) is 4.23. The first-order chi connectivity index (χ1) is 7.16. The van der Waals surface area contributed by atoms with Crippen LogP contribution >= 0.6 is 0 Å². The van der Waals surface area contributed by atoms with Crippen molar-refractivity contribution in [1.29, 1.82) is 0 Å². The molecule has 0 aromatic heterocycles. The van der Waals surface area contributed by atoms with Gasteiger partial charge in [-0.05, 0) is 56.4 Å². The lowest BCUT2D eigenvalue weighted by Gasteiger charge is -2.23. The number of ether oxygens (including phenoxy) is 1. The smallest absolute Gasteiger partial charge is 0.120 e. The van der Waals surface area contributed by atoms with Crippen molar-refractivity contribution >= 4 is 0 Å². The number of rotatable bonds is 2. The van der Waals surface area contributed by atoms with Gasteiger partial charge in [0.15, 0.2) is 0 Å². The van der Waals surface area contributed by atoms with E-state index in [0.29, 0.717) is 0 Å². The second-order valence-corrected chi connectivity index (χ2v) is 4.53. The molecule has 2 heteroatoms. The van der Waals surface area contributed by atoms with Crippen LogP contribution in [0.1, 0.15) is 43.9 Å². The zero-order valence-corrected chi connectivity index (χ0v) is 9.49. The molecule has 0 radical (unpaired) electrons. The highest BCUT2D eigenvalue weighted by Gasteiger charge is 2.17. The van der Waals surface area contributed by atoms with E-state index in [-0.39, 0.29) is 12.1 Å². The number of hydrogen-bond donors (Lipinski definition) is 1. The molecule has 1 aromatic carbocycles. The summed E-state index contributed by atoms with van der Waals surface area (Å²) in [4.78, 5) is 0. The van der Waals surface area contributed by atoms with E-state index in [4.69, 9.17) is 10.5 Å². The van der Waals surface area contributed by atoms with Gasteiger partial charge in [0.1, 0.15) is 5.75 Å². The van der Waals surface area contributed by atoms with Crippen LogP contribution in [0.4, 0.5) is 0 Å². The van der Waals surface area contributed by atoms with E-state index in [1.54, 1.807) is 0 Å². The summed E-state index contributed by atoms with van der Waals surface area (Å²) in [7, 11) is 0. The van der Waals surface area contributed by atoms with E-state index in [0.717, 1.165) is 18.6 Å². The Morgan fingerprint density at radius 2 is 2.20 bits per heavy atom. The number of aryl methyl sites for hydroxylation is 1. The van der Waals surface area contributed by atoms with E-state index in [1.165, 1.54) is 17.5 Å². The fraction of sp³-hybridized carbons (Fsp3) is 0.538. The molecule has 0 spiro atoms. The first kappa shape index (κ1) is 10.5. The highest BCUT2D eigenvalue weighted by Crippen LogP contribution is 2.31. The minimum atomic E-state index is 0.199. The monoisotopic (exact) mass is 205 g/mol. The summed E-state index contributed by atoms with van der Waals surface area (Å²) in [6.07, 6.45) is 3.68. The fourth-order valence-corrected chi connectivity index (χ4v) is 2.16. The zero-order chi connectivity index (χ0) is 10.8. The van der Waals surface area contributed by atoms with E-state index in [9.17, 15) is 0 Å². The first-order valence-electron chi connectivity index (χ1n) is 5.72. The average molecular weight is 205 g/mol. The van der Waals surface area contributed by atoms with E-state index in [1.807, 2.05) is 13.8 Å². The number of benzene rings is 1. The van der Waals surface area contributed by atoms with Crippen LogP contribution in [0.5, 0.6) is 5.75 Å². The third-order valence-corrected chi connectivity index (χ3v) is 2.85. The van der Waals surface area contributed by atoms with Gasteiger partial charge in [-0.25, -0.2) is 0 Å². The Balaban J connectivity index is 2.27. The van der Waals surface area contributed by atoms with Crippen molar-refractivity contribution in [2.45, 2.75) is 45.3 Å². The predicted molar refractivity (Wildman–Crippen MR) is 62.1 cm³/mol. The molecule has 82 valence electrons. The summed E-state index contributed by atoms with van der Waals surface area (Å²) >= 11 is 0. The maximum atomic E-state index is 6.09. The Kier molecular flexibility index (Phi) is 2.96. The molecule has 1 aromatic rings. The highest BCUT2D eigenvalue weighted by atomic mass is 16.5. The van der Waals surface area contributed by atoms with Gasteiger partial charge >= 0.3 is 0 Å². The van der Waals surface area contributed by atoms with Crippen LogP contribution in [0, 0.1) is 0 Å². The van der Waals surface area contributed by atoms with Crippen molar-refractivity contribution in [3.05, 3.63) is 29.3 Å². The largest absolute Gasteiger partial charge is 0.491 e. The van der Waals surface area contributed by atoms with Crippen LogP contribution in [0.2, 0.25) is 0 Å². The van der Waals surface area contributed by atoms with Crippen molar-refractivity contribution in [1.82, 2.24) is 0 Å². The summed E-state index contributed by atoms with van der Waals surface area (Å²) in [5.41, 5.74) is 8.76. The van der Waals surface area contributed by atoms with Gasteiger partial charge in [-0.1, -0.05) is 6.07 Å². The molecule has 2 rings (SSSR count). The van der Waals surface area contributed by atoms with Crippen LogP contribution in [0.3, 0.4) is 0 Å². The average Bonchev–Trinajstić information content (AvgIpc) is 2.18. The number of nitrogens with two attached hydrogens (primary N) is 1. The molecule has 1 aliphatic carbocycles. The molecule has 15 heavy (non-hydrogen) atoms. The molecule has 1 atom stereocenters. The Bertz CT molecular complexity index is 346. The van der Waals surface area contributed by atoms with Crippen molar-refractivity contribution in [2.75, 3.05) is 0 Å². The van der Waals surface area contributed by atoms with Crippen molar-refractivity contribution in [3.63, 3.8) is 0 Å². The minimum absolute atomic E-state index is 0.199. The molecule has 0 saturated heterocycles. The number of fused-ring (bicyclic) bond motifs is 1. The third kappa shape index (κ3) is 2.32. The summed E-state index contributed by atoms with van der Waals surface area (Å²) in [6.45, 7) is 4.08. The van der Waals surface area contributed by atoms with Gasteiger partial charge in [0.25, 0.3) is 0 Å².